The minimum Gasteiger partial charge on any atom is -1.00 e. The molecule has 1 unspecified atom stereocenters. The molecule has 0 aromatic heterocycles. The SMILES string of the molecule is CCCCCC[N+](CCCl)(CCCC)CCCCC.[Br-]. The Bertz CT molecular complexity index is 190. The summed E-state index contributed by atoms with van der Waals surface area (Å²) in [7, 11) is 0. The number of unbranched alkanes of at least 4 members (excludes halogenated alkanes) is 6. The van der Waals surface area contributed by atoms with Crippen molar-refractivity contribution < 1.29 is 21.5 Å². The molecule has 1 atom stereocenters. The first-order valence-corrected chi connectivity index (χ1v) is 9.19. The number of hydrogen-bond donors (Lipinski definition) is 0. The van der Waals surface area contributed by atoms with E-state index in [-0.39, 0.29) is 17.0 Å². The van der Waals surface area contributed by atoms with Crippen molar-refractivity contribution in [3.63, 3.8) is 0 Å². The number of halogens is 2. The van der Waals surface area contributed by atoms with Gasteiger partial charge >= 0.3 is 0 Å². The van der Waals surface area contributed by atoms with Crippen LogP contribution < -0.4 is 17.0 Å². The average molecular weight is 371 g/mol. The van der Waals surface area contributed by atoms with Gasteiger partial charge in [-0.15, -0.1) is 11.6 Å². The lowest BCUT2D eigenvalue weighted by molar-refractivity contribution is -0.926. The molecule has 0 aromatic carbocycles. The Kier molecular flexibility index (Phi) is 18.5. The predicted molar refractivity (Wildman–Crippen MR) is 89.0 cm³/mol. The smallest absolute Gasteiger partial charge is 0.0924 e. The van der Waals surface area contributed by atoms with Crippen LogP contribution in [-0.4, -0.2) is 36.5 Å². The normalized spacial score (nSPS) is 13.8. The van der Waals surface area contributed by atoms with Crippen molar-refractivity contribution in [2.75, 3.05) is 32.1 Å². The van der Waals surface area contributed by atoms with E-state index in [0.29, 0.717) is 0 Å². The summed E-state index contributed by atoms with van der Waals surface area (Å²) in [6.45, 7) is 12.1. The molecule has 0 saturated heterocycles. The third-order valence-corrected chi connectivity index (χ3v) is 4.44. The molecule has 0 fully saturated rings. The van der Waals surface area contributed by atoms with Crippen molar-refractivity contribution in [1.82, 2.24) is 0 Å². The van der Waals surface area contributed by atoms with E-state index in [2.05, 4.69) is 20.8 Å². The lowest BCUT2D eigenvalue weighted by Crippen LogP contribution is -3.00. The highest BCUT2D eigenvalue weighted by molar-refractivity contribution is 6.17. The molecular weight excluding hydrogens is 334 g/mol. The summed E-state index contributed by atoms with van der Waals surface area (Å²) >= 11 is 6.10. The van der Waals surface area contributed by atoms with E-state index >= 15 is 0 Å². The van der Waals surface area contributed by atoms with E-state index in [0.717, 1.165) is 5.88 Å². The summed E-state index contributed by atoms with van der Waals surface area (Å²) in [5, 5.41) is 0. The molecule has 124 valence electrons. The monoisotopic (exact) mass is 369 g/mol. The fourth-order valence-electron chi connectivity index (χ4n) is 2.91. The Morgan fingerprint density at radius 3 is 1.55 bits per heavy atom. The fourth-order valence-corrected chi connectivity index (χ4v) is 3.27. The van der Waals surface area contributed by atoms with Crippen LogP contribution >= 0.6 is 11.6 Å². The standard InChI is InChI=1S/C17H37ClN.BrH/c1-4-7-10-12-16-19(17-13-18,14-9-6-3)15-11-8-5-2;/h4-17H2,1-3H3;1H/q+1;/p-1. The molecular formula is C17H37BrClN. The van der Waals surface area contributed by atoms with Crippen LogP contribution in [0.3, 0.4) is 0 Å². The van der Waals surface area contributed by atoms with Gasteiger partial charge in [0.1, 0.15) is 0 Å². The first-order chi connectivity index (χ1) is 9.24. The van der Waals surface area contributed by atoms with Crippen molar-refractivity contribution >= 4 is 11.6 Å². The van der Waals surface area contributed by atoms with E-state index in [9.17, 15) is 0 Å². The number of hydrogen-bond acceptors (Lipinski definition) is 0. The first kappa shape index (κ1) is 23.0. The molecule has 3 heteroatoms. The summed E-state index contributed by atoms with van der Waals surface area (Å²) in [6, 6.07) is 0. The summed E-state index contributed by atoms with van der Waals surface area (Å²) < 4.78 is 1.29. The molecule has 0 aliphatic rings. The number of quaternary nitrogens is 1. The largest absolute Gasteiger partial charge is 1.00 e. The number of rotatable bonds is 14. The zero-order chi connectivity index (χ0) is 14.4. The van der Waals surface area contributed by atoms with Crippen molar-refractivity contribution in [2.24, 2.45) is 0 Å². The summed E-state index contributed by atoms with van der Waals surface area (Å²) in [6.07, 6.45) is 12.3. The average Bonchev–Trinajstić information content (AvgIpc) is 2.42. The maximum atomic E-state index is 6.10. The third-order valence-electron chi connectivity index (χ3n) is 4.27. The molecule has 0 amide bonds. The van der Waals surface area contributed by atoms with Crippen molar-refractivity contribution in [2.45, 2.75) is 78.6 Å². The highest BCUT2D eigenvalue weighted by atomic mass is 79.9. The molecule has 0 radical (unpaired) electrons. The van der Waals surface area contributed by atoms with Crippen LogP contribution in [0, 0.1) is 0 Å². The van der Waals surface area contributed by atoms with Crippen LogP contribution in [0.1, 0.15) is 78.6 Å². The molecule has 0 rings (SSSR count). The highest BCUT2D eigenvalue weighted by Crippen LogP contribution is 2.16. The van der Waals surface area contributed by atoms with Crippen molar-refractivity contribution in [3.05, 3.63) is 0 Å². The van der Waals surface area contributed by atoms with Gasteiger partial charge in [0.15, 0.2) is 0 Å². The second kappa shape index (κ2) is 16.1. The van der Waals surface area contributed by atoms with E-state index < -0.39 is 0 Å². The van der Waals surface area contributed by atoms with Gasteiger partial charge in [0, 0.05) is 0 Å². The topological polar surface area (TPSA) is 0 Å². The van der Waals surface area contributed by atoms with Gasteiger partial charge in [0.05, 0.1) is 32.1 Å². The van der Waals surface area contributed by atoms with Crippen LogP contribution in [0.2, 0.25) is 0 Å². The minimum atomic E-state index is 0. The van der Waals surface area contributed by atoms with Crippen molar-refractivity contribution in [1.29, 1.82) is 0 Å². The maximum absolute atomic E-state index is 6.10. The summed E-state index contributed by atoms with van der Waals surface area (Å²) in [5.41, 5.74) is 0. The van der Waals surface area contributed by atoms with Gasteiger partial charge in [-0.05, 0) is 32.1 Å². The predicted octanol–water partition coefficient (Wildman–Crippen LogP) is 2.62. The lowest BCUT2D eigenvalue weighted by Gasteiger charge is -2.39. The van der Waals surface area contributed by atoms with E-state index in [1.807, 2.05) is 0 Å². The molecule has 0 aliphatic heterocycles. The molecule has 0 heterocycles. The Morgan fingerprint density at radius 1 is 0.600 bits per heavy atom. The summed E-state index contributed by atoms with van der Waals surface area (Å²) in [5.74, 6) is 0.823. The maximum Gasteiger partial charge on any atom is 0.0924 e. The van der Waals surface area contributed by atoms with Crippen molar-refractivity contribution in [3.8, 4) is 0 Å². The van der Waals surface area contributed by atoms with Gasteiger partial charge in [0.25, 0.3) is 0 Å². The van der Waals surface area contributed by atoms with Gasteiger partial charge in [-0.3, -0.25) is 0 Å². The Hall–Kier alpha value is 0.730. The lowest BCUT2D eigenvalue weighted by atomic mass is 10.1. The van der Waals surface area contributed by atoms with E-state index in [4.69, 9.17) is 11.6 Å². The number of alkyl halides is 1. The summed E-state index contributed by atoms with van der Waals surface area (Å²) in [4.78, 5) is 0. The van der Waals surface area contributed by atoms with E-state index in [1.165, 1.54) is 88.4 Å². The second-order valence-electron chi connectivity index (χ2n) is 6.05. The Balaban J connectivity index is 0. The third kappa shape index (κ3) is 11.4. The zero-order valence-electron chi connectivity index (χ0n) is 14.1. The molecule has 1 nitrogen and oxygen atoms in total. The van der Waals surface area contributed by atoms with Gasteiger partial charge in [-0.25, -0.2) is 0 Å². The molecule has 0 bridgehead atoms. The van der Waals surface area contributed by atoms with Crippen LogP contribution in [-0.2, 0) is 0 Å². The molecule has 0 saturated carbocycles. The Morgan fingerprint density at radius 2 is 1.05 bits per heavy atom. The molecule has 0 spiro atoms. The van der Waals surface area contributed by atoms with E-state index in [1.54, 1.807) is 0 Å². The van der Waals surface area contributed by atoms with Gasteiger partial charge in [0.2, 0.25) is 0 Å². The highest BCUT2D eigenvalue weighted by Gasteiger charge is 2.25. The number of nitrogens with zero attached hydrogens (tertiary/aromatic N) is 1. The first-order valence-electron chi connectivity index (χ1n) is 8.65. The fraction of sp³-hybridized carbons (Fsp3) is 1.00. The molecule has 0 aliphatic carbocycles. The van der Waals surface area contributed by atoms with Gasteiger partial charge in [-0.1, -0.05) is 46.5 Å². The minimum absolute atomic E-state index is 0. The quantitative estimate of drug-likeness (QED) is 0.250. The molecule has 0 N–H and O–H groups in total. The van der Waals surface area contributed by atoms with Crippen LogP contribution in [0.25, 0.3) is 0 Å². The zero-order valence-corrected chi connectivity index (χ0v) is 16.4. The Labute approximate surface area is 143 Å². The van der Waals surface area contributed by atoms with Crippen LogP contribution in [0.15, 0.2) is 0 Å². The van der Waals surface area contributed by atoms with Crippen LogP contribution in [0.4, 0.5) is 0 Å². The second-order valence-corrected chi connectivity index (χ2v) is 6.42. The van der Waals surface area contributed by atoms with Gasteiger partial charge < -0.3 is 21.5 Å². The molecule has 0 aromatic rings. The van der Waals surface area contributed by atoms with Gasteiger partial charge in [-0.2, -0.15) is 0 Å². The molecule has 20 heavy (non-hydrogen) atoms. The van der Waals surface area contributed by atoms with Crippen LogP contribution in [0.5, 0.6) is 0 Å².